The highest BCUT2D eigenvalue weighted by Crippen LogP contribution is 2.29. The zero-order valence-electron chi connectivity index (χ0n) is 11.2. The molecule has 0 aromatic carbocycles. The van der Waals surface area contributed by atoms with Crippen molar-refractivity contribution in [2.24, 2.45) is 0 Å². The van der Waals surface area contributed by atoms with E-state index in [4.69, 9.17) is 5.11 Å². The number of carboxylic acid groups (broad SMARTS) is 1. The first kappa shape index (κ1) is 15.3. The molecule has 20 heavy (non-hydrogen) atoms. The number of carbonyl (C=O) groups is 1. The molecule has 112 valence electrons. The van der Waals surface area contributed by atoms with Crippen LogP contribution in [0.4, 0.5) is 0 Å². The third-order valence-corrected chi connectivity index (χ3v) is 5.91. The molecule has 1 aliphatic heterocycles. The van der Waals surface area contributed by atoms with E-state index in [1.54, 1.807) is 0 Å². The Morgan fingerprint density at radius 1 is 1.40 bits per heavy atom. The maximum atomic E-state index is 11.5. The van der Waals surface area contributed by atoms with Crippen molar-refractivity contribution in [3.63, 3.8) is 0 Å². The van der Waals surface area contributed by atoms with Crippen LogP contribution in [0.3, 0.4) is 0 Å². The smallest absolute Gasteiger partial charge is 0.313 e. The SMILES string of the molecule is CCc1nnc(SCC(=O)O)n1C1CCS(=O)(=O)CC1. The number of nitrogens with zero attached hydrogens (tertiary/aromatic N) is 3. The third-order valence-electron chi connectivity index (χ3n) is 3.27. The number of rotatable bonds is 5. The van der Waals surface area contributed by atoms with Gasteiger partial charge < -0.3 is 9.67 Å². The lowest BCUT2D eigenvalue weighted by atomic mass is 10.1. The van der Waals surface area contributed by atoms with E-state index in [0.717, 1.165) is 17.6 Å². The maximum absolute atomic E-state index is 11.5. The van der Waals surface area contributed by atoms with Crippen molar-refractivity contribution in [3.05, 3.63) is 5.82 Å². The van der Waals surface area contributed by atoms with Gasteiger partial charge in [0.25, 0.3) is 0 Å². The summed E-state index contributed by atoms with van der Waals surface area (Å²) in [6, 6.07) is 0.0415. The summed E-state index contributed by atoms with van der Waals surface area (Å²) in [6.45, 7) is 1.95. The Balaban J connectivity index is 2.20. The van der Waals surface area contributed by atoms with Crippen LogP contribution in [-0.4, -0.2) is 51.5 Å². The van der Waals surface area contributed by atoms with Crippen LogP contribution >= 0.6 is 11.8 Å². The molecular weight excluding hydrogens is 302 g/mol. The first-order valence-corrected chi connectivity index (χ1v) is 9.22. The van der Waals surface area contributed by atoms with Crippen molar-refractivity contribution in [2.75, 3.05) is 17.3 Å². The molecule has 1 saturated heterocycles. The lowest BCUT2D eigenvalue weighted by Crippen LogP contribution is -2.27. The van der Waals surface area contributed by atoms with Gasteiger partial charge in [0.1, 0.15) is 15.7 Å². The Hall–Kier alpha value is -1.09. The Morgan fingerprint density at radius 2 is 2.05 bits per heavy atom. The van der Waals surface area contributed by atoms with Gasteiger partial charge in [-0.1, -0.05) is 18.7 Å². The number of thioether (sulfide) groups is 1. The molecule has 0 unspecified atom stereocenters. The molecule has 0 amide bonds. The maximum Gasteiger partial charge on any atom is 0.313 e. The van der Waals surface area contributed by atoms with Gasteiger partial charge in [-0.05, 0) is 12.8 Å². The molecule has 9 heteroatoms. The molecular formula is C11H17N3O4S2. The lowest BCUT2D eigenvalue weighted by molar-refractivity contribution is -0.133. The van der Waals surface area contributed by atoms with E-state index >= 15 is 0 Å². The molecule has 0 saturated carbocycles. The Bertz CT molecular complexity index is 583. The summed E-state index contributed by atoms with van der Waals surface area (Å²) in [4.78, 5) is 10.7. The molecule has 1 aromatic heterocycles. The summed E-state index contributed by atoms with van der Waals surface area (Å²) < 4.78 is 24.9. The monoisotopic (exact) mass is 319 g/mol. The number of hydrogen-bond acceptors (Lipinski definition) is 6. The number of hydrogen-bond donors (Lipinski definition) is 1. The van der Waals surface area contributed by atoms with E-state index in [0.29, 0.717) is 24.4 Å². The van der Waals surface area contributed by atoms with E-state index in [-0.39, 0.29) is 23.3 Å². The Morgan fingerprint density at radius 3 is 2.60 bits per heavy atom. The molecule has 7 nitrogen and oxygen atoms in total. The highest BCUT2D eigenvalue weighted by molar-refractivity contribution is 7.99. The first-order chi connectivity index (χ1) is 9.43. The second-order valence-electron chi connectivity index (χ2n) is 4.69. The van der Waals surface area contributed by atoms with Crippen molar-refractivity contribution in [1.29, 1.82) is 0 Å². The average Bonchev–Trinajstić information content (AvgIpc) is 2.79. The van der Waals surface area contributed by atoms with Crippen LogP contribution in [0.2, 0.25) is 0 Å². The van der Waals surface area contributed by atoms with Gasteiger partial charge in [-0.25, -0.2) is 8.42 Å². The fourth-order valence-electron chi connectivity index (χ4n) is 2.28. The molecule has 1 N–H and O–H groups in total. The highest BCUT2D eigenvalue weighted by atomic mass is 32.2. The van der Waals surface area contributed by atoms with E-state index in [1.807, 2.05) is 11.5 Å². The molecule has 2 rings (SSSR count). The third kappa shape index (κ3) is 3.51. The number of aromatic nitrogens is 3. The van der Waals surface area contributed by atoms with E-state index in [1.165, 1.54) is 0 Å². The molecule has 1 aliphatic rings. The molecule has 1 fully saturated rings. The van der Waals surface area contributed by atoms with Crippen molar-refractivity contribution >= 4 is 27.6 Å². The van der Waals surface area contributed by atoms with Gasteiger partial charge in [0.2, 0.25) is 0 Å². The molecule has 0 atom stereocenters. The minimum atomic E-state index is -2.92. The summed E-state index contributed by atoms with van der Waals surface area (Å²) in [7, 11) is -2.92. The molecule has 0 aliphatic carbocycles. The van der Waals surface area contributed by atoms with Crippen molar-refractivity contribution < 1.29 is 18.3 Å². The second-order valence-corrected chi connectivity index (χ2v) is 7.93. The van der Waals surface area contributed by atoms with Crippen molar-refractivity contribution in [3.8, 4) is 0 Å². The number of aryl methyl sites for hydroxylation is 1. The normalized spacial score (nSPS) is 19.1. The number of sulfone groups is 1. The summed E-state index contributed by atoms with van der Waals surface area (Å²) >= 11 is 1.13. The topological polar surface area (TPSA) is 102 Å². The van der Waals surface area contributed by atoms with Crippen LogP contribution < -0.4 is 0 Å². The number of aliphatic carboxylic acids is 1. The van der Waals surface area contributed by atoms with E-state index in [2.05, 4.69) is 10.2 Å². The fraction of sp³-hybridized carbons (Fsp3) is 0.727. The van der Waals surface area contributed by atoms with Gasteiger partial charge in [0.05, 0.1) is 17.3 Å². The zero-order chi connectivity index (χ0) is 14.8. The van der Waals surface area contributed by atoms with E-state index < -0.39 is 15.8 Å². The average molecular weight is 319 g/mol. The fourth-order valence-corrected chi connectivity index (χ4v) is 4.49. The highest BCUT2D eigenvalue weighted by Gasteiger charge is 2.28. The van der Waals surface area contributed by atoms with Gasteiger partial charge >= 0.3 is 5.97 Å². The molecule has 2 heterocycles. The summed E-state index contributed by atoms with van der Waals surface area (Å²) in [6.07, 6.45) is 1.76. The molecule has 1 aromatic rings. The van der Waals surface area contributed by atoms with Gasteiger partial charge in [-0.3, -0.25) is 4.79 Å². The quantitative estimate of drug-likeness (QED) is 0.799. The summed E-state index contributed by atoms with van der Waals surface area (Å²) in [5, 5.41) is 17.4. The number of carboxylic acids is 1. The second kappa shape index (κ2) is 6.13. The van der Waals surface area contributed by atoms with Crippen LogP contribution in [0, 0.1) is 0 Å². The Kier molecular flexibility index (Phi) is 4.69. The van der Waals surface area contributed by atoms with Crippen molar-refractivity contribution in [1.82, 2.24) is 14.8 Å². The predicted molar refractivity (Wildman–Crippen MR) is 74.7 cm³/mol. The zero-order valence-corrected chi connectivity index (χ0v) is 12.8. The summed E-state index contributed by atoms with van der Waals surface area (Å²) in [5.74, 6) is 0.132. The first-order valence-electron chi connectivity index (χ1n) is 6.41. The van der Waals surface area contributed by atoms with Gasteiger partial charge in [0, 0.05) is 12.5 Å². The minimum absolute atomic E-state index is 0.0415. The standard InChI is InChI=1S/C11H17N3O4S2/c1-2-9-12-13-11(19-7-10(15)16)14(9)8-3-5-20(17,18)6-4-8/h8H,2-7H2,1H3,(H,15,16). The van der Waals surface area contributed by atoms with Crippen LogP contribution in [0.5, 0.6) is 0 Å². The van der Waals surface area contributed by atoms with Gasteiger partial charge in [-0.2, -0.15) is 0 Å². The van der Waals surface area contributed by atoms with Gasteiger partial charge in [-0.15, -0.1) is 10.2 Å². The Labute approximate surface area is 121 Å². The lowest BCUT2D eigenvalue weighted by Gasteiger charge is -2.25. The van der Waals surface area contributed by atoms with Crippen LogP contribution in [0.1, 0.15) is 31.6 Å². The van der Waals surface area contributed by atoms with Crippen LogP contribution in [-0.2, 0) is 21.1 Å². The van der Waals surface area contributed by atoms with Crippen LogP contribution in [0.15, 0.2) is 5.16 Å². The van der Waals surface area contributed by atoms with Crippen LogP contribution in [0.25, 0.3) is 0 Å². The molecule has 0 bridgehead atoms. The van der Waals surface area contributed by atoms with Gasteiger partial charge in [0.15, 0.2) is 5.16 Å². The largest absolute Gasteiger partial charge is 0.481 e. The van der Waals surface area contributed by atoms with Crippen molar-refractivity contribution in [2.45, 2.75) is 37.4 Å². The molecule has 0 radical (unpaired) electrons. The minimum Gasteiger partial charge on any atom is -0.481 e. The predicted octanol–water partition coefficient (Wildman–Crippen LogP) is 0.767. The molecule has 0 spiro atoms. The van der Waals surface area contributed by atoms with E-state index in [9.17, 15) is 13.2 Å². The summed E-state index contributed by atoms with van der Waals surface area (Å²) in [5.41, 5.74) is 0.